The number of hydrogen-bond acceptors (Lipinski definition) is 6. The first-order valence-electron chi connectivity index (χ1n) is 14.3. The number of carbonyl (C=O) groups excluding carboxylic acids is 2. The average molecular weight is 570 g/mol. The summed E-state index contributed by atoms with van der Waals surface area (Å²) in [5.74, 6) is -0.114. The van der Waals surface area contributed by atoms with Gasteiger partial charge in [0.1, 0.15) is 12.1 Å². The van der Waals surface area contributed by atoms with Crippen molar-refractivity contribution in [1.82, 2.24) is 20.6 Å². The van der Waals surface area contributed by atoms with E-state index >= 15 is 0 Å². The van der Waals surface area contributed by atoms with Gasteiger partial charge in [0.15, 0.2) is 0 Å². The number of nitrogens with one attached hydrogen (secondary N) is 3. The van der Waals surface area contributed by atoms with Crippen molar-refractivity contribution in [3.63, 3.8) is 0 Å². The van der Waals surface area contributed by atoms with Gasteiger partial charge in [-0.15, -0.1) is 0 Å². The van der Waals surface area contributed by atoms with Crippen LogP contribution in [-0.2, 0) is 22.6 Å². The number of nitro groups is 1. The van der Waals surface area contributed by atoms with Crippen LogP contribution >= 0.6 is 0 Å². The maximum absolute atomic E-state index is 14.2. The first-order valence-corrected chi connectivity index (χ1v) is 14.3. The predicted molar refractivity (Wildman–Crippen MR) is 159 cm³/mol. The van der Waals surface area contributed by atoms with Crippen molar-refractivity contribution in [2.75, 3.05) is 0 Å². The Morgan fingerprint density at radius 3 is 2.64 bits per heavy atom. The highest BCUT2D eigenvalue weighted by atomic mass is 16.6. The third-order valence-corrected chi connectivity index (χ3v) is 8.00. The number of aromatic nitrogens is 2. The van der Waals surface area contributed by atoms with Gasteiger partial charge in [0.05, 0.1) is 16.7 Å². The monoisotopic (exact) mass is 569 g/mol. The second kappa shape index (κ2) is 12.8. The molecular formula is C32H35N5O5. The maximum Gasteiger partial charge on any atom is 0.408 e. The Morgan fingerprint density at radius 2 is 1.88 bits per heavy atom. The molecule has 3 N–H and O–H groups in total. The van der Waals surface area contributed by atoms with Gasteiger partial charge in [0, 0.05) is 41.9 Å². The van der Waals surface area contributed by atoms with Crippen molar-refractivity contribution in [1.29, 1.82) is 0 Å². The second-order valence-electron chi connectivity index (χ2n) is 11.1. The number of hydrogen-bond donors (Lipinski definition) is 3. The second-order valence-corrected chi connectivity index (χ2v) is 11.1. The molecule has 0 aliphatic heterocycles. The van der Waals surface area contributed by atoms with Gasteiger partial charge >= 0.3 is 6.09 Å². The Morgan fingerprint density at radius 1 is 1.10 bits per heavy atom. The molecule has 10 heteroatoms. The molecule has 4 aromatic rings. The lowest BCUT2D eigenvalue weighted by atomic mass is 9.81. The summed E-state index contributed by atoms with van der Waals surface area (Å²) in [4.78, 5) is 45.8. The van der Waals surface area contributed by atoms with E-state index in [0.29, 0.717) is 5.56 Å². The summed E-state index contributed by atoms with van der Waals surface area (Å²) < 4.78 is 5.45. The van der Waals surface area contributed by atoms with E-state index in [-0.39, 0.29) is 36.6 Å². The van der Waals surface area contributed by atoms with E-state index in [0.717, 1.165) is 47.8 Å². The molecule has 42 heavy (non-hydrogen) atoms. The summed E-state index contributed by atoms with van der Waals surface area (Å²) in [6.07, 6.45) is 8.32. The van der Waals surface area contributed by atoms with E-state index in [1.165, 1.54) is 24.6 Å². The lowest BCUT2D eigenvalue weighted by molar-refractivity contribution is -0.384. The SMILES string of the molecule is CC(Cc1c[nH]c2ccccc12)(NC(=O)OCc1cccc([N+](=O)[O-])c1)C(=O)NC(c1ccccn1)C1CCCCC1. The number of ether oxygens (including phenoxy) is 1. The fraction of sp³-hybridized carbons (Fsp3) is 0.344. The number of non-ortho nitro benzene ring substituents is 1. The summed E-state index contributed by atoms with van der Waals surface area (Å²) in [7, 11) is 0. The molecule has 0 radical (unpaired) electrons. The van der Waals surface area contributed by atoms with Crippen LogP contribution in [0.4, 0.5) is 10.5 Å². The topological polar surface area (TPSA) is 139 Å². The molecule has 2 aromatic carbocycles. The number of carbonyl (C=O) groups is 2. The van der Waals surface area contributed by atoms with Gasteiger partial charge in [-0.3, -0.25) is 19.9 Å². The normalized spacial score (nSPS) is 15.8. The molecule has 0 saturated heterocycles. The molecule has 2 amide bonds. The van der Waals surface area contributed by atoms with Gasteiger partial charge in [-0.05, 0) is 55.0 Å². The van der Waals surface area contributed by atoms with E-state index in [9.17, 15) is 19.7 Å². The highest BCUT2D eigenvalue weighted by Crippen LogP contribution is 2.34. The summed E-state index contributed by atoms with van der Waals surface area (Å²) >= 11 is 0. The van der Waals surface area contributed by atoms with Crippen LogP contribution in [0, 0.1) is 16.0 Å². The van der Waals surface area contributed by atoms with Gasteiger partial charge < -0.3 is 20.4 Å². The van der Waals surface area contributed by atoms with E-state index in [1.54, 1.807) is 19.2 Å². The maximum atomic E-state index is 14.2. The van der Waals surface area contributed by atoms with Crippen LogP contribution in [0.2, 0.25) is 0 Å². The Hall–Kier alpha value is -4.73. The quantitative estimate of drug-likeness (QED) is 0.155. The molecule has 10 nitrogen and oxygen atoms in total. The predicted octanol–water partition coefficient (Wildman–Crippen LogP) is 6.14. The smallest absolute Gasteiger partial charge is 0.408 e. The Balaban J connectivity index is 1.39. The lowest BCUT2D eigenvalue weighted by Gasteiger charge is -2.35. The number of para-hydroxylation sites is 1. The molecule has 2 aromatic heterocycles. The molecule has 2 heterocycles. The molecule has 1 saturated carbocycles. The number of pyridine rings is 1. The van der Waals surface area contributed by atoms with Crippen LogP contribution in [0.15, 0.2) is 79.1 Å². The molecule has 1 aliphatic rings. The van der Waals surface area contributed by atoms with Crippen molar-refractivity contribution in [3.8, 4) is 0 Å². The van der Waals surface area contributed by atoms with E-state index < -0.39 is 16.6 Å². The minimum Gasteiger partial charge on any atom is -0.445 e. The Bertz CT molecular complexity index is 1550. The van der Waals surface area contributed by atoms with Crippen molar-refractivity contribution in [3.05, 3.63) is 106 Å². The van der Waals surface area contributed by atoms with Crippen LogP contribution in [0.3, 0.4) is 0 Å². The molecule has 2 unspecified atom stereocenters. The zero-order valence-corrected chi connectivity index (χ0v) is 23.5. The third-order valence-electron chi connectivity index (χ3n) is 8.00. The third kappa shape index (κ3) is 6.76. The zero-order chi connectivity index (χ0) is 29.5. The summed E-state index contributed by atoms with van der Waals surface area (Å²) in [6, 6.07) is 19.1. The van der Waals surface area contributed by atoms with Gasteiger partial charge in [0.25, 0.3) is 5.69 Å². The number of H-pyrrole nitrogens is 1. The molecule has 0 spiro atoms. The number of amides is 2. The molecule has 5 rings (SSSR count). The van der Waals surface area contributed by atoms with Crippen molar-refractivity contribution in [2.24, 2.45) is 5.92 Å². The number of nitro benzene ring substituents is 1. The number of rotatable bonds is 10. The van der Waals surface area contributed by atoms with Crippen LogP contribution in [-0.4, -0.2) is 32.4 Å². The molecule has 1 aliphatic carbocycles. The Labute approximate surface area is 244 Å². The molecule has 0 bridgehead atoms. The van der Waals surface area contributed by atoms with Crippen molar-refractivity contribution < 1.29 is 19.2 Å². The van der Waals surface area contributed by atoms with Crippen LogP contribution in [0.5, 0.6) is 0 Å². The summed E-state index contributed by atoms with van der Waals surface area (Å²) in [6.45, 7) is 1.51. The summed E-state index contributed by atoms with van der Waals surface area (Å²) in [5.41, 5.74) is 1.58. The summed E-state index contributed by atoms with van der Waals surface area (Å²) in [5, 5.41) is 18.2. The minimum absolute atomic E-state index is 0.0941. The number of benzene rings is 2. The fourth-order valence-electron chi connectivity index (χ4n) is 5.77. The highest BCUT2D eigenvalue weighted by molar-refractivity contribution is 5.91. The van der Waals surface area contributed by atoms with E-state index in [1.807, 2.05) is 48.7 Å². The van der Waals surface area contributed by atoms with Crippen LogP contribution in [0.25, 0.3) is 10.9 Å². The van der Waals surface area contributed by atoms with E-state index in [2.05, 4.69) is 20.6 Å². The Kier molecular flexibility index (Phi) is 8.80. The van der Waals surface area contributed by atoms with Crippen LogP contribution in [0.1, 0.15) is 61.9 Å². The fourth-order valence-corrected chi connectivity index (χ4v) is 5.77. The lowest BCUT2D eigenvalue weighted by Crippen LogP contribution is -2.59. The van der Waals surface area contributed by atoms with Crippen LogP contribution < -0.4 is 10.6 Å². The average Bonchev–Trinajstić information content (AvgIpc) is 3.42. The molecule has 1 fully saturated rings. The number of aromatic amines is 1. The molecular weight excluding hydrogens is 534 g/mol. The number of nitrogens with zero attached hydrogens (tertiary/aromatic N) is 2. The molecule has 2 atom stereocenters. The van der Waals surface area contributed by atoms with Crippen molar-refractivity contribution >= 4 is 28.6 Å². The van der Waals surface area contributed by atoms with Gasteiger partial charge in [-0.25, -0.2) is 4.79 Å². The zero-order valence-electron chi connectivity index (χ0n) is 23.5. The van der Waals surface area contributed by atoms with Gasteiger partial charge in [-0.2, -0.15) is 0 Å². The van der Waals surface area contributed by atoms with Gasteiger partial charge in [-0.1, -0.05) is 55.7 Å². The van der Waals surface area contributed by atoms with Crippen molar-refractivity contribution in [2.45, 2.75) is 63.6 Å². The standard InChI is InChI=1S/C32H35N5O5/c1-32(19-24-20-34-27-15-6-5-14-26(24)27,36-31(39)42-21-22-10-9-13-25(18-22)37(40)41)30(38)35-29(23-11-3-2-4-12-23)28-16-7-8-17-33-28/h5-10,13-18,20,23,29,34H,2-4,11-12,19,21H2,1H3,(H,35,38)(H,36,39). The van der Waals surface area contributed by atoms with Gasteiger partial charge in [0.2, 0.25) is 5.91 Å². The number of alkyl carbamates (subject to hydrolysis) is 1. The minimum atomic E-state index is -1.38. The molecule has 218 valence electrons. The number of fused-ring (bicyclic) bond motifs is 1. The first-order chi connectivity index (χ1) is 20.3. The first kappa shape index (κ1) is 28.8. The van der Waals surface area contributed by atoms with E-state index in [4.69, 9.17) is 4.74 Å². The largest absolute Gasteiger partial charge is 0.445 e. The highest BCUT2D eigenvalue weighted by Gasteiger charge is 2.39.